The van der Waals surface area contributed by atoms with E-state index in [0.29, 0.717) is 12.2 Å². The Morgan fingerprint density at radius 1 is 1.55 bits per heavy atom. The molecule has 1 aromatic rings. The summed E-state index contributed by atoms with van der Waals surface area (Å²) in [5, 5.41) is 10.5. The molecule has 1 heterocycles. The maximum Gasteiger partial charge on any atom is 0.271 e. The van der Waals surface area contributed by atoms with Gasteiger partial charge in [-0.25, -0.2) is 0 Å². The molecule has 1 aromatic carbocycles. The number of non-ortho nitro benzene ring substituents is 1. The van der Waals surface area contributed by atoms with Gasteiger partial charge in [-0.3, -0.25) is 19.7 Å². The number of nitro benzene ring substituents is 1. The molecule has 1 unspecified atom stereocenters. The monoisotopic (exact) mass is 295 g/mol. The van der Waals surface area contributed by atoms with Gasteiger partial charge in [-0.05, 0) is 6.07 Å². The Labute approximate surface area is 119 Å². The van der Waals surface area contributed by atoms with Crippen molar-refractivity contribution in [2.75, 3.05) is 17.2 Å². The fourth-order valence-corrected chi connectivity index (χ4v) is 3.04. The predicted octanol–water partition coefficient (Wildman–Crippen LogP) is 1.56. The van der Waals surface area contributed by atoms with Crippen LogP contribution in [0.3, 0.4) is 0 Å². The number of carbonyl (C=O) groups excluding carboxylic acids is 2. The van der Waals surface area contributed by atoms with Crippen LogP contribution < -0.4 is 10.6 Å². The van der Waals surface area contributed by atoms with Gasteiger partial charge in [0.25, 0.3) is 5.69 Å². The van der Waals surface area contributed by atoms with Gasteiger partial charge in [-0.2, -0.15) is 0 Å². The average molecular weight is 295 g/mol. The topological polar surface area (TPSA) is 107 Å². The molecule has 1 fully saturated rings. The van der Waals surface area contributed by atoms with Crippen LogP contribution in [-0.4, -0.2) is 27.7 Å². The van der Waals surface area contributed by atoms with Crippen LogP contribution >= 0.6 is 11.8 Å². The van der Waals surface area contributed by atoms with Crippen LogP contribution in [0.4, 0.5) is 17.1 Å². The van der Waals surface area contributed by atoms with E-state index in [2.05, 4.69) is 0 Å². The molecule has 0 aliphatic carbocycles. The number of nitrogens with two attached hydrogens (primary N) is 1. The molecule has 8 heteroatoms. The van der Waals surface area contributed by atoms with Crippen molar-refractivity contribution in [2.24, 2.45) is 0 Å². The quantitative estimate of drug-likeness (QED) is 0.515. The van der Waals surface area contributed by atoms with Crippen LogP contribution in [0.5, 0.6) is 0 Å². The molecule has 0 aromatic heterocycles. The van der Waals surface area contributed by atoms with Gasteiger partial charge in [-0.1, -0.05) is 11.8 Å². The minimum atomic E-state index is -0.541. The lowest BCUT2D eigenvalue weighted by Crippen LogP contribution is -2.25. The van der Waals surface area contributed by atoms with Crippen molar-refractivity contribution in [3.63, 3.8) is 0 Å². The maximum atomic E-state index is 11.9. The van der Waals surface area contributed by atoms with Crippen molar-refractivity contribution in [3.8, 4) is 0 Å². The van der Waals surface area contributed by atoms with E-state index in [4.69, 9.17) is 5.73 Å². The van der Waals surface area contributed by atoms with Crippen LogP contribution in [0.25, 0.3) is 0 Å². The summed E-state index contributed by atoms with van der Waals surface area (Å²) < 4.78 is 0. The van der Waals surface area contributed by atoms with E-state index < -0.39 is 4.92 Å². The van der Waals surface area contributed by atoms with Gasteiger partial charge < -0.3 is 10.6 Å². The Kier molecular flexibility index (Phi) is 3.93. The number of nitrogens with zero attached hydrogens (tertiary/aromatic N) is 2. The second-order valence-corrected chi connectivity index (χ2v) is 5.92. The lowest BCUT2D eigenvalue weighted by Gasteiger charge is -2.18. The molecular formula is C12H13N3O4S. The third-order valence-corrected chi connectivity index (χ3v) is 3.92. The molecule has 106 valence electrons. The van der Waals surface area contributed by atoms with Crippen LogP contribution in [0, 0.1) is 10.1 Å². The van der Waals surface area contributed by atoms with Gasteiger partial charge in [0, 0.05) is 37.3 Å². The molecule has 1 aliphatic heterocycles. The first kappa shape index (κ1) is 14.3. The zero-order valence-electron chi connectivity index (χ0n) is 10.7. The minimum absolute atomic E-state index is 0.0404. The third kappa shape index (κ3) is 2.90. The van der Waals surface area contributed by atoms with Crippen molar-refractivity contribution in [3.05, 3.63) is 28.3 Å². The largest absolute Gasteiger partial charge is 0.397 e. The molecule has 1 saturated heterocycles. The first-order valence-electron chi connectivity index (χ1n) is 5.90. The standard InChI is InChI=1S/C12H13N3O4S/c1-7(16)20-9-5-12(17)14(6-9)11-3-2-8(15(18)19)4-10(11)13/h2-4,9H,5-6,13H2,1H3. The number of anilines is 2. The van der Waals surface area contributed by atoms with Crippen molar-refractivity contribution < 1.29 is 14.5 Å². The summed E-state index contributed by atoms with van der Waals surface area (Å²) in [6, 6.07) is 4.00. The fraction of sp³-hybridized carbons (Fsp3) is 0.333. The number of nitro groups is 1. The lowest BCUT2D eigenvalue weighted by molar-refractivity contribution is -0.384. The summed E-state index contributed by atoms with van der Waals surface area (Å²) in [5.74, 6) is -0.135. The molecule has 0 spiro atoms. The maximum absolute atomic E-state index is 11.9. The molecule has 2 N–H and O–H groups in total. The molecule has 2 rings (SSSR count). The Morgan fingerprint density at radius 2 is 2.25 bits per heavy atom. The first-order chi connectivity index (χ1) is 9.38. The Bertz CT molecular complexity index is 590. The Balaban J connectivity index is 2.22. The van der Waals surface area contributed by atoms with Crippen molar-refractivity contribution in [1.29, 1.82) is 0 Å². The van der Waals surface area contributed by atoms with E-state index in [0.717, 1.165) is 11.8 Å². The molecule has 0 radical (unpaired) electrons. The summed E-state index contributed by atoms with van der Waals surface area (Å²) in [6.07, 6.45) is 0.265. The number of rotatable bonds is 3. The van der Waals surface area contributed by atoms with Crippen molar-refractivity contribution in [1.82, 2.24) is 0 Å². The molecular weight excluding hydrogens is 282 g/mol. The number of amides is 1. The van der Waals surface area contributed by atoms with Crippen LogP contribution in [0.1, 0.15) is 13.3 Å². The van der Waals surface area contributed by atoms with E-state index in [9.17, 15) is 19.7 Å². The number of benzene rings is 1. The summed E-state index contributed by atoms with van der Waals surface area (Å²) >= 11 is 1.13. The summed E-state index contributed by atoms with van der Waals surface area (Å²) in [7, 11) is 0. The zero-order chi connectivity index (χ0) is 14.9. The zero-order valence-corrected chi connectivity index (χ0v) is 11.6. The second-order valence-electron chi connectivity index (χ2n) is 4.44. The van der Waals surface area contributed by atoms with E-state index >= 15 is 0 Å². The highest BCUT2D eigenvalue weighted by atomic mass is 32.2. The second kappa shape index (κ2) is 5.49. The molecule has 20 heavy (non-hydrogen) atoms. The number of hydrogen-bond donors (Lipinski definition) is 1. The molecule has 0 bridgehead atoms. The Hall–Kier alpha value is -2.09. The van der Waals surface area contributed by atoms with Gasteiger partial charge in [-0.15, -0.1) is 0 Å². The fourth-order valence-electron chi connectivity index (χ4n) is 2.12. The van der Waals surface area contributed by atoms with E-state index in [-0.39, 0.29) is 34.1 Å². The highest BCUT2D eigenvalue weighted by molar-refractivity contribution is 8.14. The van der Waals surface area contributed by atoms with Gasteiger partial charge in [0.05, 0.1) is 16.3 Å². The molecule has 1 atom stereocenters. The molecule has 1 amide bonds. The summed E-state index contributed by atoms with van der Waals surface area (Å²) in [5.41, 5.74) is 6.29. The average Bonchev–Trinajstić information content (AvgIpc) is 2.68. The van der Waals surface area contributed by atoms with Crippen molar-refractivity contribution in [2.45, 2.75) is 18.6 Å². The highest BCUT2D eigenvalue weighted by Gasteiger charge is 2.33. The SMILES string of the molecule is CC(=O)SC1CC(=O)N(c2ccc([N+](=O)[O-])cc2N)C1. The van der Waals surface area contributed by atoms with Crippen molar-refractivity contribution >= 4 is 39.8 Å². The van der Waals surface area contributed by atoms with E-state index in [1.807, 2.05) is 0 Å². The number of carbonyl (C=O) groups is 2. The smallest absolute Gasteiger partial charge is 0.271 e. The van der Waals surface area contributed by atoms with Crippen LogP contribution in [0.15, 0.2) is 18.2 Å². The summed E-state index contributed by atoms with van der Waals surface area (Å²) in [4.78, 5) is 34.6. The highest BCUT2D eigenvalue weighted by Crippen LogP contribution is 2.33. The minimum Gasteiger partial charge on any atom is -0.397 e. The van der Waals surface area contributed by atoms with E-state index in [1.54, 1.807) is 0 Å². The predicted molar refractivity (Wildman–Crippen MR) is 76.5 cm³/mol. The van der Waals surface area contributed by atoms with Gasteiger partial charge in [0.2, 0.25) is 5.91 Å². The normalized spacial score (nSPS) is 18.4. The third-order valence-electron chi connectivity index (χ3n) is 2.93. The van der Waals surface area contributed by atoms with Gasteiger partial charge in [0.15, 0.2) is 5.12 Å². The summed E-state index contributed by atoms with van der Waals surface area (Å²) in [6.45, 7) is 1.84. The molecule has 7 nitrogen and oxygen atoms in total. The Morgan fingerprint density at radius 3 is 2.80 bits per heavy atom. The number of nitrogen functional groups attached to an aromatic ring is 1. The number of hydrogen-bond acceptors (Lipinski definition) is 6. The van der Waals surface area contributed by atoms with Gasteiger partial charge in [0.1, 0.15) is 0 Å². The molecule has 0 saturated carbocycles. The molecule has 1 aliphatic rings. The van der Waals surface area contributed by atoms with Crippen LogP contribution in [-0.2, 0) is 9.59 Å². The first-order valence-corrected chi connectivity index (χ1v) is 6.78. The van der Waals surface area contributed by atoms with E-state index in [1.165, 1.54) is 30.0 Å². The lowest BCUT2D eigenvalue weighted by atomic mass is 10.2. The van der Waals surface area contributed by atoms with Gasteiger partial charge >= 0.3 is 0 Å². The number of thioether (sulfide) groups is 1. The van der Waals surface area contributed by atoms with Crippen LogP contribution in [0.2, 0.25) is 0 Å².